The Bertz CT molecular complexity index is 1060. The van der Waals surface area contributed by atoms with Crippen LogP contribution in [0.4, 0.5) is 4.79 Å². The first-order valence-electron chi connectivity index (χ1n) is 14.3. The topological polar surface area (TPSA) is 58.6 Å². The van der Waals surface area contributed by atoms with Gasteiger partial charge in [-0.05, 0) is 92.2 Å². The van der Waals surface area contributed by atoms with E-state index in [0.717, 1.165) is 61.7 Å². The van der Waals surface area contributed by atoms with Crippen molar-refractivity contribution in [3.63, 3.8) is 0 Å². The zero-order valence-electron chi connectivity index (χ0n) is 22.2. The summed E-state index contributed by atoms with van der Waals surface area (Å²) >= 11 is 0. The van der Waals surface area contributed by atoms with E-state index in [1.807, 2.05) is 12.1 Å². The van der Waals surface area contributed by atoms with E-state index >= 15 is 0 Å². The number of nitrogens with zero attached hydrogens (tertiary/aromatic N) is 1. The van der Waals surface area contributed by atoms with Crippen LogP contribution in [0.25, 0.3) is 0 Å². The van der Waals surface area contributed by atoms with Crippen molar-refractivity contribution in [2.24, 2.45) is 28.6 Å². The fourth-order valence-corrected chi connectivity index (χ4v) is 9.37. The molecule has 5 heteroatoms. The highest BCUT2D eigenvalue weighted by Gasteiger charge is 2.59. The second-order valence-corrected chi connectivity index (χ2v) is 12.9. The molecule has 36 heavy (non-hydrogen) atoms. The average Bonchev–Trinajstić information content (AvgIpc) is 3.51. The number of carbonyl (C=O) groups excluding carboxylic acids is 2. The van der Waals surface area contributed by atoms with Crippen LogP contribution >= 0.6 is 0 Å². The number of carbonyl (C=O) groups is 2. The number of fused-ring (bicyclic) bond motifs is 5. The van der Waals surface area contributed by atoms with Gasteiger partial charge in [-0.3, -0.25) is 9.69 Å². The highest BCUT2D eigenvalue weighted by atomic mass is 16.5. The van der Waals surface area contributed by atoms with Gasteiger partial charge in [0.05, 0.1) is 18.7 Å². The fraction of sp³-hybridized carbons (Fsp3) is 0.677. The number of benzene rings is 1. The first kappa shape index (κ1) is 24.1. The van der Waals surface area contributed by atoms with Crippen LogP contribution in [-0.4, -0.2) is 30.0 Å². The number of nitrogens with one attached hydrogen (secondary N) is 1. The minimum absolute atomic E-state index is 0.0590. The van der Waals surface area contributed by atoms with E-state index in [9.17, 15) is 9.59 Å². The van der Waals surface area contributed by atoms with Crippen LogP contribution < -0.4 is 10.1 Å². The molecule has 1 aromatic rings. The van der Waals surface area contributed by atoms with Gasteiger partial charge in [-0.2, -0.15) is 0 Å². The summed E-state index contributed by atoms with van der Waals surface area (Å²) in [6.07, 6.45) is 16.5. The third kappa shape index (κ3) is 3.55. The lowest BCUT2D eigenvalue weighted by molar-refractivity contribution is -0.135. The maximum Gasteiger partial charge on any atom is 0.325 e. The number of methoxy groups -OCH3 is 1. The van der Waals surface area contributed by atoms with E-state index in [1.54, 1.807) is 18.1 Å². The van der Waals surface area contributed by atoms with Gasteiger partial charge >= 0.3 is 6.03 Å². The molecule has 0 spiro atoms. The molecule has 4 fully saturated rings. The molecule has 4 aliphatic carbocycles. The van der Waals surface area contributed by atoms with E-state index in [4.69, 9.17) is 4.74 Å². The molecule has 1 N–H and O–H groups in total. The van der Waals surface area contributed by atoms with Crippen molar-refractivity contribution in [1.82, 2.24) is 10.2 Å². The Morgan fingerprint density at radius 3 is 2.42 bits per heavy atom. The van der Waals surface area contributed by atoms with Gasteiger partial charge in [-0.15, -0.1) is 0 Å². The minimum Gasteiger partial charge on any atom is -0.497 e. The van der Waals surface area contributed by atoms with Crippen LogP contribution in [0.5, 0.6) is 5.75 Å². The Kier molecular flexibility index (Phi) is 5.77. The van der Waals surface area contributed by atoms with Gasteiger partial charge in [0, 0.05) is 11.5 Å². The fourth-order valence-electron chi connectivity index (χ4n) is 9.37. The molecular formula is C31H42N2O3. The molecule has 0 saturated heterocycles. The van der Waals surface area contributed by atoms with Crippen molar-refractivity contribution >= 4 is 11.9 Å². The lowest BCUT2D eigenvalue weighted by Crippen LogP contribution is -2.64. The second-order valence-electron chi connectivity index (χ2n) is 12.9. The summed E-state index contributed by atoms with van der Waals surface area (Å²) in [6, 6.07) is 7.80. The number of hydrogen-bond acceptors (Lipinski definition) is 3. The van der Waals surface area contributed by atoms with Crippen LogP contribution in [0, 0.1) is 28.6 Å². The predicted molar refractivity (Wildman–Crippen MR) is 140 cm³/mol. The van der Waals surface area contributed by atoms with Crippen molar-refractivity contribution in [3.05, 3.63) is 42.0 Å². The van der Waals surface area contributed by atoms with Gasteiger partial charge in [0.2, 0.25) is 0 Å². The molecule has 0 radical (unpaired) electrons. The molecule has 194 valence electrons. The second kappa shape index (κ2) is 8.63. The first-order chi connectivity index (χ1) is 17.3. The predicted octanol–water partition coefficient (Wildman–Crippen LogP) is 6.57. The standard InChI is InChI=1S/C31H42N2O3/c1-29-16-6-7-24(29)23-12-13-26-30(2,25(23)14-19-29)20-15-27(34)33(26)28(35)32-31(17-4-5-18-31)21-8-10-22(36-3)11-9-21/h8-11,15,20,23-26H,4-7,12-14,16-19H2,1-3H3,(H,32,35)/t23-,24-,25-,26+,29-,30+/m0/s1. The van der Waals surface area contributed by atoms with Crippen LogP contribution in [0.3, 0.4) is 0 Å². The molecule has 1 heterocycles. The Balaban J connectivity index is 1.27. The molecule has 1 aliphatic heterocycles. The van der Waals surface area contributed by atoms with Crippen LogP contribution in [0.2, 0.25) is 0 Å². The summed E-state index contributed by atoms with van der Waals surface area (Å²) in [6.45, 7) is 4.86. The molecule has 0 aromatic heterocycles. The number of ether oxygens (including phenoxy) is 1. The third-order valence-electron chi connectivity index (χ3n) is 11.3. The summed E-state index contributed by atoms with van der Waals surface area (Å²) in [5.74, 6) is 2.73. The normalized spacial score (nSPS) is 38.8. The van der Waals surface area contributed by atoms with Gasteiger partial charge in [0.25, 0.3) is 5.91 Å². The van der Waals surface area contributed by atoms with Crippen LogP contribution in [0.1, 0.15) is 90.0 Å². The van der Waals surface area contributed by atoms with E-state index < -0.39 is 5.54 Å². The first-order valence-corrected chi connectivity index (χ1v) is 14.3. The number of hydrogen-bond donors (Lipinski definition) is 1. The summed E-state index contributed by atoms with van der Waals surface area (Å²) < 4.78 is 5.35. The van der Waals surface area contributed by atoms with Gasteiger partial charge in [0.1, 0.15) is 5.75 Å². The molecule has 6 rings (SSSR count). The number of imide groups is 1. The number of rotatable bonds is 3. The van der Waals surface area contributed by atoms with Gasteiger partial charge in [-0.1, -0.05) is 51.3 Å². The minimum atomic E-state index is -0.422. The molecule has 3 amide bonds. The monoisotopic (exact) mass is 490 g/mol. The van der Waals surface area contributed by atoms with Gasteiger partial charge in [-0.25, -0.2) is 4.79 Å². The molecular weight excluding hydrogens is 448 g/mol. The summed E-state index contributed by atoms with van der Waals surface area (Å²) in [5, 5.41) is 3.40. The number of urea groups is 1. The lowest BCUT2D eigenvalue weighted by Gasteiger charge is -2.59. The highest BCUT2D eigenvalue weighted by Crippen LogP contribution is 2.64. The molecule has 0 unspecified atom stereocenters. The average molecular weight is 491 g/mol. The molecule has 5 aliphatic rings. The van der Waals surface area contributed by atoms with E-state index in [-0.39, 0.29) is 23.4 Å². The summed E-state index contributed by atoms with van der Waals surface area (Å²) in [4.78, 5) is 28.9. The third-order valence-corrected chi connectivity index (χ3v) is 11.3. The quantitative estimate of drug-likeness (QED) is 0.521. The zero-order valence-corrected chi connectivity index (χ0v) is 22.2. The Labute approximate surface area is 216 Å². The van der Waals surface area contributed by atoms with Crippen molar-refractivity contribution < 1.29 is 14.3 Å². The van der Waals surface area contributed by atoms with E-state index in [0.29, 0.717) is 11.3 Å². The Morgan fingerprint density at radius 1 is 0.944 bits per heavy atom. The van der Waals surface area contributed by atoms with E-state index in [2.05, 4.69) is 37.4 Å². The molecule has 6 atom stereocenters. The smallest absolute Gasteiger partial charge is 0.325 e. The summed E-state index contributed by atoms with van der Waals surface area (Å²) in [7, 11) is 1.67. The Hall–Kier alpha value is -2.30. The maximum absolute atomic E-state index is 14.0. The lowest BCUT2D eigenvalue weighted by atomic mass is 9.48. The van der Waals surface area contributed by atoms with Crippen molar-refractivity contribution in [1.29, 1.82) is 0 Å². The Morgan fingerprint density at radius 2 is 1.69 bits per heavy atom. The van der Waals surface area contributed by atoms with Gasteiger partial charge in [0.15, 0.2) is 0 Å². The maximum atomic E-state index is 14.0. The highest BCUT2D eigenvalue weighted by molar-refractivity contribution is 6.02. The van der Waals surface area contributed by atoms with Crippen molar-refractivity contribution in [2.75, 3.05) is 7.11 Å². The van der Waals surface area contributed by atoms with Crippen molar-refractivity contribution in [3.8, 4) is 5.75 Å². The zero-order chi connectivity index (χ0) is 25.1. The summed E-state index contributed by atoms with van der Waals surface area (Å²) in [5.41, 5.74) is 1.05. The van der Waals surface area contributed by atoms with Crippen LogP contribution in [-0.2, 0) is 10.3 Å². The van der Waals surface area contributed by atoms with E-state index in [1.165, 1.54) is 32.1 Å². The SMILES string of the molecule is COc1ccc(C2(NC(=O)N3C(=O)C=C[C@]4(C)[C@H]5CC[C@]6(C)CCC[C@H]6[C@@H]5CC[C@@H]34)CCCC2)cc1. The molecule has 4 saturated carbocycles. The molecule has 1 aromatic carbocycles. The van der Waals surface area contributed by atoms with Gasteiger partial charge < -0.3 is 10.1 Å². The molecule has 5 nitrogen and oxygen atoms in total. The van der Waals surface area contributed by atoms with Crippen molar-refractivity contribution in [2.45, 2.75) is 96.1 Å². The molecule has 0 bridgehead atoms. The number of amides is 3. The largest absolute Gasteiger partial charge is 0.497 e. The van der Waals surface area contributed by atoms with Crippen LogP contribution in [0.15, 0.2) is 36.4 Å².